The SMILES string of the molecule is CCC(NC(=O)c1cn(-c2ccc(F)cc2F)c2nc(N(C)CCF)ccc2c1=O)C(F)(F)F. The summed E-state index contributed by atoms with van der Waals surface area (Å²) < 4.78 is 81.3. The highest BCUT2D eigenvalue weighted by Gasteiger charge is 2.39. The fourth-order valence-electron chi connectivity index (χ4n) is 3.32. The Morgan fingerprint density at radius 2 is 1.91 bits per heavy atom. The van der Waals surface area contributed by atoms with Crippen molar-refractivity contribution in [3.8, 4) is 5.69 Å². The average molecular weight is 486 g/mol. The first-order valence-electron chi connectivity index (χ1n) is 10.1. The molecule has 0 spiro atoms. The van der Waals surface area contributed by atoms with E-state index in [1.807, 2.05) is 0 Å². The number of halogens is 6. The number of nitrogens with one attached hydrogen (secondary N) is 1. The minimum atomic E-state index is -4.75. The molecule has 0 aliphatic carbocycles. The number of aromatic nitrogens is 2. The largest absolute Gasteiger partial charge is 0.408 e. The Hall–Kier alpha value is -3.57. The lowest BCUT2D eigenvalue weighted by molar-refractivity contribution is -0.153. The molecule has 182 valence electrons. The molecule has 3 aromatic rings. The zero-order valence-electron chi connectivity index (χ0n) is 18.1. The van der Waals surface area contributed by atoms with Gasteiger partial charge in [0.2, 0.25) is 5.43 Å². The predicted molar refractivity (Wildman–Crippen MR) is 114 cm³/mol. The molecule has 34 heavy (non-hydrogen) atoms. The number of amides is 1. The normalized spacial score (nSPS) is 12.6. The molecular weight excluding hydrogens is 466 g/mol. The van der Waals surface area contributed by atoms with Crippen molar-refractivity contribution in [3.05, 3.63) is 63.9 Å². The van der Waals surface area contributed by atoms with E-state index in [9.17, 15) is 35.9 Å². The number of anilines is 1. The smallest absolute Gasteiger partial charge is 0.357 e. The number of alkyl halides is 4. The number of hydrogen-bond donors (Lipinski definition) is 1. The van der Waals surface area contributed by atoms with Crippen LogP contribution < -0.4 is 15.6 Å². The van der Waals surface area contributed by atoms with Gasteiger partial charge in [0.25, 0.3) is 5.91 Å². The third-order valence-corrected chi connectivity index (χ3v) is 5.17. The topological polar surface area (TPSA) is 67.2 Å². The molecule has 1 atom stereocenters. The second-order valence-corrected chi connectivity index (χ2v) is 7.46. The van der Waals surface area contributed by atoms with Crippen molar-refractivity contribution in [2.24, 2.45) is 0 Å². The van der Waals surface area contributed by atoms with E-state index in [0.29, 0.717) is 6.07 Å². The molecule has 1 aromatic carbocycles. The molecule has 0 aliphatic rings. The minimum Gasteiger partial charge on any atom is -0.357 e. The van der Waals surface area contributed by atoms with Gasteiger partial charge in [0.05, 0.1) is 11.1 Å². The van der Waals surface area contributed by atoms with Crippen LogP contribution in [-0.4, -0.2) is 47.9 Å². The lowest BCUT2D eigenvalue weighted by atomic mass is 10.1. The number of hydrogen-bond acceptors (Lipinski definition) is 4. The molecule has 1 unspecified atom stereocenters. The summed E-state index contributed by atoms with van der Waals surface area (Å²) in [6.45, 7) is 0.473. The van der Waals surface area contributed by atoms with Gasteiger partial charge in [-0.25, -0.2) is 18.2 Å². The molecule has 6 nitrogen and oxygen atoms in total. The van der Waals surface area contributed by atoms with Crippen molar-refractivity contribution >= 4 is 22.8 Å². The van der Waals surface area contributed by atoms with E-state index in [4.69, 9.17) is 0 Å². The van der Waals surface area contributed by atoms with Crippen molar-refractivity contribution in [3.63, 3.8) is 0 Å². The van der Waals surface area contributed by atoms with Gasteiger partial charge in [-0.2, -0.15) is 13.2 Å². The lowest BCUT2D eigenvalue weighted by Gasteiger charge is -2.21. The average Bonchev–Trinajstić information content (AvgIpc) is 2.77. The second-order valence-electron chi connectivity index (χ2n) is 7.46. The highest BCUT2D eigenvalue weighted by atomic mass is 19.4. The number of carbonyl (C=O) groups excluding carboxylic acids is 1. The second kappa shape index (κ2) is 9.74. The zero-order chi connectivity index (χ0) is 25.2. The van der Waals surface area contributed by atoms with E-state index in [0.717, 1.165) is 22.9 Å². The van der Waals surface area contributed by atoms with Crippen LogP contribution in [0, 0.1) is 11.6 Å². The van der Waals surface area contributed by atoms with Crippen LogP contribution in [0.5, 0.6) is 0 Å². The third-order valence-electron chi connectivity index (χ3n) is 5.17. The number of rotatable bonds is 7. The highest BCUT2D eigenvalue weighted by Crippen LogP contribution is 2.24. The Morgan fingerprint density at radius 3 is 2.50 bits per heavy atom. The van der Waals surface area contributed by atoms with Crippen LogP contribution in [0.4, 0.5) is 32.2 Å². The first-order valence-corrected chi connectivity index (χ1v) is 10.1. The first-order chi connectivity index (χ1) is 16.0. The van der Waals surface area contributed by atoms with E-state index in [1.54, 1.807) is 5.32 Å². The Labute approximate surface area is 189 Å². The van der Waals surface area contributed by atoms with Crippen LogP contribution >= 0.6 is 0 Å². The first kappa shape index (κ1) is 25.1. The Morgan fingerprint density at radius 1 is 1.21 bits per heavy atom. The third kappa shape index (κ3) is 5.00. The quantitative estimate of drug-likeness (QED) is 0.510. The molecular formula is C22H20F6N4O2. The molecule has 1 amide bonds. The predicted octanol–water partition coefficient (Wildman–Crippen LogP) is 4.14. The van der Waals surface area contributed by atoms with E-state index in [2.05, 4.69) is 4.98 Å². The highest BCUT2D eigenvalue weighted by molar-refractivity contribution is 5.97. The summed E-state index contributed by atoms with van der Waals surface area (Å²) in [6.07, 6.45) is -4.37. The molecule has 0 fully saturated rings. The Bertz CT molecular complexity index is 1270. The van der Waals surface area contributed by atoms with Crippen LogP contribution in [0.3, 0.4) is 0 Å². The lowest BCUT2D eigenvalue weighted by Crippen LogP contribution is -2.46. The molecule has 12 heteroatoms. The monoisotopic (exact) mass is 486 g/mol. The molecule has 3 rings (SSSR count). The van der Waals surface area contributed by atoms with Gasteiger partial charge < -0.3 is 10.2 Å². The summed E-state index contributed by atoms with van der Waals surface area (Å²) in [5, 5.41) is 1.58. The number of carbonyl (C=O) groups is 1. The van der Waals surface area contributed by atoms with Crippen molar-refractivity contribution in [1.82, 2.24) is 14.9 Å². The number of pyridine rings is 2. The maximum Gasteiger partial charge on any atom is 0.408 e. The molecule has 0 saturated carbocycles. The number of nitrogens with zero attached hydrogens (tertiary/aromatic N) is 3. The molecule has 0 radical (unpaired) electrons. The maximum atomic E-state index is 14.6. The van der Waals surface area contributed by atoms with Crippen molar-refractivity contribution in [2.45, 2.75) is 25.6 Å². The van der Waals surface area contributed by atoms with E-state index >= 15 is 0 Å². The molecule has 2 aromatic heterocycles. The standard InChI is InChI=1S/C22H20F6N4O2/c1-3-17(22(26,27)28)29-21(34)14-11-32(16-6-4-12(24)10-15(16)25)20-13(19(14)33)5-7-18(30-20)31(2)9-8-23/h4-7,10-11,17H,3,8-9H2,1-2H3,(H,29,34). The fourth-order valence-corrected chi connectivity index (χ4v) is 3.32. The Kier molecular flexibility index (Phi) is 7.18. The maximum absolute atomic E-state index is 14.6. The molecule has 2 heterocycles. The van der Waals surface area contributed by atoms with Crippen LogP contribution in [-0.2, 0) is 0 Å². The zero-order valence-corrected chi connectivity index (χ0v) is 18.1. The van der Waals surface area contributed by atoms with E-state index < -0.39 is 53.8 Å². The van der Waals surface area contributed by atoms with Gasteiger partial charge in [-0.15, -0.1) is 0 Å². The number of benzene rings is 1. The van der Waals surface area contributed by atoms with Crippen molar-refractivity contribution in [2.75, 3.05) is 25.2 Å². The van der Waals surface area contributed by atoms with Gasteiger partial charge in [-0.3, -0.25) is 14.2 Å². The van der Waals surface area contributed by atoms with Crippen LogP contribution in [0.2, 0.25) is 0 Å². The molecule has 0 aliphatic heterocycles. The molecule has 1 N–H and O–H groups in total. The molecule has 0 bridgehead atoms. The van der Waals surface area contributed by atoms with Gasteiger partial charge in [-0.05, 0) is 30.7 Å². The summed E-state index contributed by atoms with van der Waals surface area (Å²) in [7, 11) is 1.53. The number of fused-ring (bicyclic) bond motifs is 1. The summed E-state index contributed by atoms with van der Waals surface area (Å²) in [4.78, 5) is 31.3. The fraction of sp³-hybridized carbons (Fsp3) is 0.318. The van der Waals surface area contributed by atoms with Crippen LogP contribution in [0.15, 0.2) is 41.3 Å². The van der Waals surface area contributed by atoms with Gasteiger partial charge >= 0.3 is 6.18 Å². The minimum absolute atomic E-state index is 0.0377. The van der Waals surface area contributed by atoms with E-state index in [1.165, 1.54) is 31.0 Å². The summed E-state index contributed by atoms with van der Waals surface area (Å²) in [5.41, 5.74) is -2.08. The summed E-state index contributed by atoms with van der Waals surface area (Å²) in [6, 6.07) is 2.93. The summed E-state index contributed by atoms with van der Waals surface area (Å²) in [5.74, 6) is -3.06. The summed E-state index contributed by atoms with van der Waals surface area (Å²) >= 11 is 0. The van der Waals surface area contributed by atoms with E-state index in [-0.39, 0.29) is 29.1 Å². The van der Waals surface area contributed by atoms with Crippen LogP contribution in [0.25, 0.3) is 16.7 Å². The molecule has 0 saturated heterocycles. The van der Waals surface area contributed by atoms with Gasteiger partial charge in [0, 0.05) is 25.9 Å². The van der Waals surface area contributed by atoms with Crippen molar-refractivity contribution < 1.29 is 31.1 Å². The van der Waals surface area contributed by atoms with Crippen LogP contribution in [0.1, 0.15) is 23.7 Å². The Balaban J connectivity index is 2.26. The van der Waals surface area contributed by atoms with Crippen molar-refractivity contribution in [1.29, 1.82) is 0 Å². The van der Waals surface area contributed by atoms with Gasteiger partial charge in [-0.1, -0.05) is 6.92 Å². The van der Waals surface area contributed by atoms with Gasteiger partial charge in [0.15, 0.2) is 5.65 Å². The van der Waals surface area contributed by atoms with Gasteiger partial charge in [0.1, 0.15) is 35.7 Å².